The maximum absolute atomic E-state index is 14.0. The summed E-state index contributed by atoms with van der Waals surface area (Å²) >= 11 is 0. The summed E-state index contributed by atoms with van der Waals surface area (Å²) in [4.78, 5) is 0. The predicted molar refractivity (Wildman–Crippen MR) is 79.4 cm³/mol. The molecule has 108 valence electrons. The summed E-state index contributed by atoms with van der Waals surface area (Å²) in [6, 6.07) is 10.1. The summed E-state index contributed by atoms with van der Waals surface area (Å²) in [7, 11) is 0. The molecule has 1 saturated heterocycles. The first-order valence-electron chi connectivity index (χ1n) is 7.29. The van der Waals surface area contributed by atoms with Crippen molar-refractivity contribution < 1.29 is 8.78 Å². The first kappa shape index (κ1) is 12.8. The van der Waals surface area contributed by atoms with Crippen molar-refractivity contribution in [3.63, 3.8) is 0 Å². The van der Waals surface area contributed by atoms with Gasteiger partial charge in [0.1, 0.15) is 11.6 Å². The normalized spacial score (nSPS) is 23.3. The summed E-state index contributed by atoms with van der Waals surface area (Å²) in [6.07, 6.45) is 1.07. The zero-order valence-corrected chi connectivity index (χ0v) is 11.5. The molecule has 21 heavy (non-hydrogen) atoms. The van der Waals surface area contributed by atoms with Gasteiger partial charge in [0.15, 0.2) is 0 Å². The van der Waals surface area contributed by atoms with Crippen LogP contribution in [-0.2, 0) is 0 Å². The molecule has 0 saturated carbocycles. The van der Waals surface area contributed by atoms with Gasteiger partial charge in [0, 0.05) is 24.2 Å². The highest BCUT2D eigenvalue weighted by atomic mass is 19.1. The molecular weight excluding hydrogens is 270 g/mol. The number of nitrogens with one attached hydrogen (secondary N) is 2. The molecule has 0 spiro atoms. The van der Waals surface area contributed by atoms with Crippen molar-refractivity contribution in [2.75, 3.05) is 18.4 Å². The number of piperidine rings is 1. The van der Waals surface area contributed by atoms with Crippen LogP contribution in [0.15, 0.2) is 36.4 Å². The number of rotatable bonds is 1. The van der Waals surface area contributed by atoms with Gasteiger partial charge < -0.3 is 10.6 Å². The summed E-state index contributed by atoms with van der Waals surface area (Å²) in [5.74, 6) is -0.651. The third-order valence-corrected chi connectivity index (χ3v) is 4.53. The predicted octanol–water partition coefficient (Wildman–Crippen LogP) is 3.50. The van der Waals surface area contributed by atoms with Crippen LogP contribution in [0.2, 0.25) is 0 Å². The quantitative estimate of drug-likeness (QED) is 0.838. The van der Waals surface area contributed by atoms with Gasteiger partial charge in [-0.3, -0.25) is 0 Å². The van der Waals surface area contributed by atoms with Crippen LogP contribution in [0.5, 0.6) is 0 Å². The topological polar surface area (TPSA) is 24.1 Å². The van der Waals surface area contributed by atoms with Crippen molar-refractivity contribution in [1.82, 2.24) is 5.32 Å². The molecule has 4 heteroatoms. The van der Waals surface area contributed by atoms with E-state index in [0.29, 0.717) is 17.5 Å². The Bertz CT molecular complexity index is 679. The second-order valence-electron chi connectivity index (χ2n) is 5.75. The average Bonchev–Trinajstić information content (AvgIpc) is 2.85. The fraction of sp³-hybridized carbons (Fsp3) is 0.294. The number of benzene rings is 2. The van der Waals surface area contributed by atoms with E-state index in [4.69, 9.17) is 0 Å². The molecule has 1 fully saturated rings. The molecule has 0 amide bonds. The van der Waals surface area contributed by atoms with Gasteiger partial charge in [-0.1, -0.05) is 12.1 Å². The van der Waals surface area contributed by atoms with Crippen molar-refractivity contribution >= 4 is 5.69 Å². The van der Waals surface area contributed by atoms with Crippen molar-refractivity contribution in [3.05, 3.63) is 53.6 Å². The first-order valence-corrected chi connectivity index (χ1v) is 7.29. The van der Waals surface area contributed by atoms with Gasteiger partial charge in [0.2, 0.25) is 0 Å². The fourth-order valence-electron chi connectivity index (χ4n) is 3.49. The Hall–Kier alpha value is -1.94. The van der Waals surface area contributed by atoms with Crippen LogP contribution >= 0.6 is 0 Å². The number of hydrogen-bond donors (Lipinski definition) is 2. The van der Waals surface area contributed by atoms with Crippen LogP contribution in [0.1, 0.15) is 17.9 Å². The Balaban J connectivity index is 1.80. The maximum Gasteiger partial charge on any atom is 0.133 e. The van der Waals surface area contributed by atoms with E-state index in [1.807, 2.05) is 12.1 Å². The van der Waals surface area contributed by atoms with E-state index in [1.54, 1.807) is 6.07 Å². The largest absolute Gasteiger partial charge is 0.381 e. The monoisotopic (exact) mass is 286 g/mol. The standard InChI is InChI=1S/C17H16F2N2/c18-13-2-1-3-14(19)17(13)10-4-5-15-11(8-10)12-9-20-7-6-16(12)21-15/h1-5,8,12,16,20-21H,6-7,9H2/t12-,16?/m0/s1. The van der Waals surface area contributed by atoms with Crippen LogP contribution < -0.4 is 10.6 Å². The highest BCUT2D eigenvalue weighted by Gasteiger charge is 2.34. The second-order valence-corrected chi connectivity index (χ2v) is 5.75. The Labute approximate surface area is 122 Å². The first-order chi connectivity index (χ1) is 10.2. The number of fused-ring (bicyclic) bond motifs is 3. The lowest BCUT2D eigenvalue weighted by Gasteiger charge is -2.26. The molecular formula is C17H16F2N2. The van der Waals surface area contributed by atoms with Gasteiger partial charge in [-0.05, 0) is 48.4 Å². The SMILES string of the molecule is Fc1cccc(F)c1-c1ccc2c(c1)[C@@H]1CNCCC1N2. The maximum atomic E-state index is 14.0. The van der Waals surface area contributed by atoms with Crippen molar-refractivity contribution in [2.24, 2.45) is 0 Å². The van der Waals surface area contributed by atoms with Crippen LogP contribution in [-0.4, -0.2) is 19.1 Å². The number of halogens is 2. The molecule has 2 atom stereocenters. The van der Waals surface area contributed by atoms with E-state index < -0.39 is 11.6 Å². The van der Waals surface area contributed by atoms with E-state index in [0.717, 1.165) is 30.8 Å². The smallest absolute Gasteiger partial charge is 0.133 e. The Morgan fingerprint density at radius 2 is 1.86 bits per heavy atom. The minimum atomic E-state index is -0.515. The second kappa shape index (κ2) is 4.81. The van der Waals surface area contributed by atoms with E-state index >= 15 is 0 Å². The van der Waals surface area contributed by atoms with Gasteiger partial charge in [-0.25, -0.2) is 8.78 Å². The Morgan fingerprint density at radius 3 is 2.67 bits per heavy atom. The van der Waals surface area contributed by atoms with E-state index in [-0.39, 0.29) is 5.56 Å². The Morgan fingerprint density at radius 1 is 1.05 bits per heavy atom. The third-order valence-electron chi connectivity index (χ3n) is 4.53. The van der Waals surface area contributed by atoms with Crippen LogP contribution in [0, 0.1) is 11.6 Å². The van der Waals surface area contributed by atoms with Crippen molar-refractivity contribution in [1.29, 1.82) is 0 Å². The molecule has 4 rings (SSSR count). The van der Waals surface area contributed by atoms with Gasteiger partial charge >= 0.3 is 0 Å². The zero-order valence-electron chi connectivity index (χ0n) is 11.5. The molecule has 2 heterocycles. The van der Waals surface area contributed by atoms with Crippen LogP contribution in [0.25, 0.3) is 11.1 Å². The van der Waals surface area contributed by atoms with Crippen LogP contribution in [0.4, 0.5) is 14.5 Å². The average molecular weight is 286 g/mol. The molecule has 0 aliphatic carbocycles. The minimum absolute atomic E-state index is 0.0625. The molecule has 0 bridgehead atoms. The molecule has 1 unspecified atom stereocenters. The lowest BCUT2D eigenvalue weighted by molar-refractivity contribution is 0.440. The molecule has 2 aliphatic rings. The number of anilines is 1. The zero-order chi connectivity index (χ0) is 14.4. The van der Waals surface area contributed by atoms with Gasteiger partial charge in [-0.2, -0.15) is 0 Å². The molecule has 2 N–H and O–H groups in total. The molecule has 2 nitrogen and oxygen atoms in total. The molecule has 0 radical (unpaired) electrons. The van der Waals surface area contributed by atoms with Crippen molar-refractivity contribution in [3.8, 4) is 11.1 Å². The molecule has 2 aromatic rings. The summed E-state index contributed by atoms with van der Waals surface area (Å²) in [5, 5.41) is 6.91. The van der Waals surface area contributed by atoms with E-state index in [2.05, 4.69) is 10.6 Å². The van der Waals surface area contributed by atoms with E-state index in [9.17, 15) is 8.78 Å². The number of hydrogen-bond acceptors (Lipinski definition) is 2. The summed E-state index contributed by atoms with van der Waals surface area (Å²) in [5.41, 5.74) is 2.92. The highest BCUT2D eigenvalue weighted by Crippen LogP contribution is 2.41. The highest BCUT2D eigenvalue weighted by molar-refractivity contribution is 5.72. The molecule has 2 aliphatic heterocycles. The van der Waals surface area contributed by atoms with Gasteiger partial charge in [-0.15, -0.1) is 0 Å². The third kappa shape index (κ3) is 2.02. The van der Waals surface area contributed by atoms with Gasteiger partial charge in [0.25, 0.3) is 0 Å². The lowest BCUT2D eigenvalue weighted by Crippen LogP contribution is -2.38. The summed E-state index contributed by atoms with van der Waals surface area (Å²) in [6.45, 7) is 1.92. The van der Waals surface area contributed by atoms with E-state index in [1.165, 1.54) is 18.2 Å². The van der Waals surface area contributed by atoms with Crippen LogP contribution in [0.3, 0.4) is 0 Å². The van der Waals surface area contributed by atoms with Gasteiger partial charge in [0.05, 0.1) is 5.56 Å². The summed E-state index contributed by atoms with van der Waals surface area (Å²) < 4.78 is 27.9. The molecule has 0 aromatic heterocycles. The van der Waals surface area contributed by atoms with Crippen molar-refractivity contribution in [2.45, 2.75) is 18.4 Å². The minimum Gasteiger partial charge on any atom is -0.381 e. The Kier molecular flexibility index (Phi) is 2.93. The molecule has 2 aromatic carbocycles. The lowest BCUT2D eigenvalue weighted by atomic mass is 9.89. The fourth-order valence-corrected chi connectivity index (χ4v) is 3.49.